The maximum absolute atomic E-state index is 12.6. The van der Waals surface area contributed by atoms with E-state index in [1.807, 2.05) is 45.9 Å². The fourth-order valence-corrected chi connectivity index (χ4v) is 3.90. The first kappa shape index (κ1) is 20.1. The van der Waals surface area contributed by atoms with Gasteiger partial charge < -0.3 is 5.32 Å². The quantitative estimate of drug-likeness (QED) is 0.845. The largest absolute Gasteiger partial charge is 0.348 e. The predicted octanol–water partition coefficient (Wildman–Crippen LogP) is 3.11. The Kier molecular flexibility index (Phi) is 6.21. The van der Waals surface area contributed by atoms with Gasteiger partial charge in [0.15, 0.2) is 0 Å². The van der Waals surface area contributed by atoms with Crippen LogP contribution in [0, 0.1) is 20.8 Å². The molecule has 140 valence electrons. The summed E-state index contributed by atoms with van der Waals surface area (Å²) in [7, 11) is -2.28. The lowest BCUT2D eigenvalue weighted by molar-refractivity contribution is -0.121. The molecule has 0 spiro atoms. The number of amides is 1. The van der Waals surface area contributed by atoms with Crippen LogP contribution in [0.5, 0.6) is 0 Å². The van der Waals surface area contributed by atoms with E-state index in [-0.39, 0.29) is 23.4 Å². The van der Waals surface area contributed by atoms with Crippen LogP contribution in [0.1, 0.15) is 35.2 Å². The Hall–Kier alpha value is -2.18. The van der Waals surface area contributed by atoms with Crippen molar-refractivity contribution in [2.75, 3.05) is 13.6 Å². The molecular formula is C20H26N2O3S. The highest BCUT2D eigenvalue weighted by molar-refractivity contribution is 7.89. The fourth-order valence-electron chi connectivity index (χ4n) is 2.77. The van der Waals surface area contributed by atoms with Crippen molar-refractivity contribution >= 4 is 15.9 Å². The zero-order chi connectivity index (χ0) is 19.5. The highest BCUT2D eigenvalue weighted by Gasteiger charge is 2.23. The summed E-state index contributed by atoms with van der Waals surface area (Å²) in [6.07, 6.45) is 0. The molecule has 0 heterocycles. The summed E-state index contributed by atoms with van der Waals surface area (Å²) in [5, 5.41) is 2.88. The molecule has 1 unspecified atom stereocenters. The van der Waals surface area contributed by atoms with Gasteiger partial charge in [0, 0.05) is 7.05 Å². The van der Waals surface area contributed by atoms with Crippen molar-refractivity contribution in [3.63, 3.8) is 0 Å². The van der Waals surface area contributed by atoms with Gasteiger partial charge in [0.2, 0.25) is 15.9 Å². The first-order chi connectivity index (χ1) is 12.1. The number of rotatable bonds is 6. The van der Waals surface area contributed by atoms with Crippen LogP contribution in [0.3, 0.4) is 0 Å². The average Bonchev–Trinajstić information content (AvgIpc) is 2.57. The maximum atomic E-state index is 12.6. The molecule has 2 aromatic rings. The molecule has 0 aliphatic rings. The van der Waals surface area contributed by atoms with Crippen LogP contribution in [0.15, 0.2) is 47.4 Å². The topological polar surface area (TPSA) is 66.5 Å². The molecule has 5 nitrogen and oxygen atoms in total. The molecule has 26 heavy (non-hydrogen) atoms. The van der Waals surface area contributed by atoms with Crippen LogP contribution >= 0.6 is 0 Å². The van der Waals surface area contributed by atoms with Crippen molar-refractivity contribution in [3.05, 3.63) is 64.7 Å². The first-order valence-electron chi connectivity index (χ1n) is 8.51. The van der Waals surface area contributed by atoms with E-state index < -0.39 is 10.0 Å². The van der Waals surface area contributed by atoms with Gasteiger partial charge in [0.1, 0.15) is 0 Å². The zero-order valence-electron chi connectivity index (χ0n) is 15.9. The molecule has 1 atom stereocenters. The number of hydrogen-bond donors (Lipinski definition) is 1. The minimum absolute atomic E-state index is 0.181. The number of likely N-dealkylation sites (N-methyl/N-ethyl adjacent to an activating group) is 1. The van der Waals surface area contributed by atoms with Crippen LogP contribution in [-0.2, 0) is 14.8 Å². The molecule has 0 aromatic heterocycles. The van der Waals surface area contributed by atoms with Gasteiger partial charge in [0.05, 0.1) is 17.5 Å². The lowest BCUT2D eigenvalue weighted by atomic mass is 10.00. The summed E-state index contributed by atoms with van der Waals surface area (Å²) < 4.78 is 26.2. The molecule has 0 saturated carbocycles. The number of aryl methyl sites for hydroxylation is 3. The second kappa shape index (κ2) is 8.01. The SMILES string of the molecule is Cc1ccc(S(=O)(=O)N(C)CC(=O)NC(C)c2cc(C)ccc2C)cc1. The number of hydrogen-bond acceptors (Lipinski definition) is 3. The number of carbonyl (C=O) groups is 1. The summed E-state index contributed by atoms with van der Waals surface area (Å²) in [6.45, 7) is 7.55. The van der Waals surface area contributed by atoms with Crippen molar-refractivity contribution in [2.24, 2.45) is 0 Å². The minimum atomic E-state index is -3.69. The highest BCUT2D eigenvalue weighted by atomic mass is 32.2. The molecule has 0 aliphatic heterocycles. The van der Waals surface area contributed by atoms with E-state index in [9.17, 15) is 13.2 Å². The van der Waals surface area contributed by atoms with E-state index in [0.29, 0.717) is 0 Å². The van der Waals surface area contributed by atoms with Crippen LogP contribution in [0.25, 0.3) is 0 Å². The van der Waals surface area contributed by atoms with Gasteiger partial charge >= 0.3 is 0 Å². The number of nitrogens with one attached hydrogen (secondary N) is 1. The molecule has 2 aromatic carbocycles. The monoisotopic (exact) mass is 374 g/mol. The van der Waals surface area contributed by atoms with E-state index in [2.05, 4.69) is 5.32 Å². The van der Waals surface area contributed by atoms with Gasteiger partial charge in [-0.1, -0.05) is 41.5 Å². The smallest absolute Gasteiger partial charge is 0.243 e. The standard InChI is InChI=1S/C20H26N2O3S/c1-14-7-10-18(11-8-14)26(24,25)22(5)13-20(23)21-17(4)19-12-15(2)6-9-16(19)3/h6-12,17H,13H2,1-5H3,(H,21,23). The molecule has 1 amide bonds. The van der Waals surface area contributed by atoms with E-state index in [0.717, 1.165) is 26.6 Å². The van der Waals surface area contributed by atoms with Crippen molar-refractivity contribution in [2.45, 2.75) is 38.6 Å². The Labute approximate surface area is 156 Å². The van der Waals surface area contributed by atoms with Gasteiger partial charge in [0.25, 0.3) is 0 Å². The molecule has 2 rings (SSSR count). The van der Waals surface area contributed by atoms with E-state index in [1.165, 1.54) is 7.05 Å². The normalized spacial score (nSPS) is 12.8. The Morgan fingerprint density at radius 2 is 1.62 bits per heavy atom. The lowest BCUT2D eigenvalue weighted by Gasteiger charge is -2.20. The van der Waals surface area contributed by atoms with Gasteiger partial charge in [-0.15, -0.1) is 0 Å². The number of carbonyl (C=O) groups excluding carboxylic acids is 1. The van der Waals surface area contributed by atoms with Crippen LogP contribution in [-0.4, -0.2) is 32.2 Å². The summed E-state index contributed by atoms with van der Waals surface area (Å²) in [5.74, 6) is -0.336. The summed E-state index contributed by atoms with van der Waals surface area (Å²) >= 11 is 0. The van der Waals surface area contributed by atoms with Crippen LogP contribution in [0.2, 0.25) is 0 Å². The van der Waals surface area contributed by atoms with Gasteiger partial charge in [-0.3, -0.25) is 4.79 Å². The van der Waals surface area contributed by atoms with Gasteiger partial charge in [-0.05, 0) is 51.0 Å². The van der Waals surface area contributed by atoms with E-state index in [1.54, 1.807) is 24.3 Å². The highest BCUT2D eigenvalue weighted by Crippen LogP contribution is 2.19. The molecule has 0 fully saturated rings. The van der Waals surface area contributed by atoms with Crippen molar-refractivity contribution < 1.29 is 13.2 Å². The molecule has 0 radical (unpaired) electrons. The Morgan fingerprint density at radius 1 is 1.04 bits per heavy atom. The van der Waals surface area contributed by atoms with Crippen LogP contribution in [0.4, 0.5) is 0 Å². The first-order valence-corrected chi connectivity index (χ1v) is 9.95. The predicted molar refractivity (Wildman–Crippen MR) is 103 cm³/mol. The van der Waals surface area contributed by atoms with Crippen molar-refractivity contribution in [3.8, 4) is 0 Å². The minimum Gasteiger partial charge on any atom is -0.348 e. The molecule has 6 heteroatoms. The third-order valence-corrected chi connectivity index (χ3v) is 6.19. The molecule has 0 saturated heterocycles. The third kappa shape index (κ3) is 4.71. The molecule has 0 aliphatic carbocycles. The number of sulfonamides is 1. The van der Waals surface area contributed by atoms with Crippen molar-refractivity contribution in [1.82, 2.24) is 9.62 Å². The summed E-state index contributed by atoms with van der Waals surface area (Å²) in [4.78, 5) is 12.5. The number of benzene rings is 2. The zero-order valence-corrected chi connectivity index (χ0v) is 16.7. The molecule has 1 N–H and O–H groups in total. The average molecular weight is 375 g/mol. The summed E-state index contributed by atoms with van der Waals surface area (Å²) in [6, 6.07) is 12.5. The Morgan fingerprint density at radius 3 is 2.23 bits per heavy atom. The number of nitrogens with zero attached hydrogens (tertiary/aromatic N) is 1. The second-order valence-electron chi connectivity index (χ2n) is 6.72. The maximum Gasteiger partial charge on any atom is 0.243 e. The van der Waals surface area contributed by atoms with E-state index in [4.69, 9.17) is 0 Å². The van der Waals surface area contributed by atoms with Crippen molar-refractivity contribution in [1.29, 1.82) is 0 Å². The second-order valence-corrected chi connectivity index (χ2v) is 8.77. The molecular weight excluding hydrogens is 348 g/mol. The van der Waals surface area contributed by atoms with Crippen LogP contribution < -0.4 is 5.32 Å². The fraction of sp³-hybridized carbons (Fsp3) is 0.350. The Balaban J connectivity index is 2.06. The lowest BCUT2D eigenvalue weighted by Crippen LogP contribution is -2.39. The third-order valence-electron chi connectivity index (χ3n) is 4.37. The van der Waals surface area contributed by atoms with Gasteiger partial charge in [-0.2, -0.15) is 4.31 Å². The van der Waals surface area contributed by atoms with E-state index >= 15 is 0 Å². The molecule has 0 bridgehead atoms. The van der Waals surface area contributed by atoms with Gasteiger partial charge in [-0.25, -0.2) is 8.42 Å². The Bertz CT molecular complexity index is 890. The summed E-state index contributed by atoms with van der Waals surface area (Å²) in [5.41, 5.74) is 4.21.